The molecule has 2 rings (SSSR count). The number of hydrogen-bond acceptors (Lipinski definition) is 2. The van der Waals surface area contributed by atoms with Gasteiger partial charge in [0.15, 0.2) is 0 Å². The molecule has 0 heterocycles. The van der Waals surface area contributed by atoms with Crippen molar-refractivity contribution in [2.75, 3.05) is 13.2 Å². The SMILES string of the molecule is CCC(S)COCCc1ccc2ccccc2c1. The molecule has 0 saturated heterocycles. The number of hydrogen-bond donors (Lipinski definition) is 1. The zero-order chi connectivity index (χ0) is 12.8. The molecule has 0 spiro atoms. The molecule has 0 radical (unpaired) electrons. The fourth-order valence-electron chi connectivity index (χ4n) is 1.92. The minimum Gasteiger partial charge on any atom is -0.380 e. The lowest BCUT2D eigenvalue weighted by Crippen LogP contribution is -2.09. The number of fused-ring (bicyclic) bond motifs is 1. The number of ether oxygens (including phenoxy) is 1. The van der Waals surface area contributed by atoms with Gasteiger partial charge in [0.1, 0.15) is 0 Å². The largest absolute Gasteiger partial charge is 0.380 e. The Morgan fingerprint density at radius 1 is 1.11 bits per heavy atom. The molecule has 0 bridgehead atoms. The molecule has 2 aromatic carbocycles. The second-order valence-corrected chi connectivity index (χ2v) is 5.30. The summed E-state index contributed by atoms with van der Waals surface area (Å²) in [5.41, 5.74) is 1.33. The lowest BCUT2D eigenvalue weighted by atomic mass is 10.1. The maximum Gasteiger partial charge on any atom is 0.0582 e. The van der Waals surface area contributed by atoms with Crippen LogP contribution < -0.4 is 0 Å². The van der Waals surface area contributed by atoms with Crippen molar-refractivity contribution in [3.63, 3.8) is 0 Å². The molecular formula is C16H20OS. The quantitative estimate of drug-likeness (QED) is 0.607. The molecule has 1 atom stereocenters. The molecule has 0 aromatic heterocycles. The first-order chi connectivity index (χ1) is 8.79. The van der Waals surface area contributed by atoms with Crippen LogP contribution in [0.4, 0.5) is 0 Å². The van der Waals surface area contributed by atoms with Crippen LogP contribution in [-0.2, 0) is 11.2 Å². The van der Waals surface area contributed by atoms with Crippen LogP contribution in [0.5, 0.6) is 0 Å². The van der Waals surface area contributed by atoms with E-state index in [1.807, 2.05) is 0 Å². The highest BCUT2D eigenvalue weighted by molar-refractivity contribution is 7.81. The second kappa shape index (κ2) is 6.81. The van der Waals surface area contributed by atoms with Gasteiger partial charge in [-0.15, -0.1) is 0 Å². The third kappa shape index (κ3) is 3.76. The summed E-state index contributed by atoms with van der Waals surface area (Å²) in [6.07, 6.45) is 2.02. The van der Waals surface area contributed by atoms with Gasteiger partial charge in [0.2, 0.25) is 0 Å². The fraction of sp³-hybridized carbons (Fsp3) is 0.375. The Morgan fingerprint density at radius 2 is 1.89 bits per heavy atom. The Hall–Kier alpha value is -0.990. The molecular weight excluding hydrogens is 240 g/mol. The Balaban J connectivity index is 1.88. The Morgan fingerprint density at radius 3 is 2.67 bits per heavy atom. The van der Waals surface area contributed by atoms with Gasteiger partial charge in [-0.05, 0) is 29.2 Å². The van der Waals surface area contributed by atoms with Crippen LogP contribution in [0.25, 0.3) is 10.8 Å². The lowest BCUT2D eigenvalue weighted by molar-refractivity contribution is 0.138. The van der Waals surface area contributed by atoms with Crippen LogP contribution in [0, 0.1) is 0 Å². The molecule has 0 saturated carbocycles. The summed E-state index contributed by atoms with van der Waals surface area (Å²) >= 11 is 4.41. The van der Waals surface area contributed by atoms with Crippen LogP contribution in [-0.4, -0.2) is 18.5 Å². The molecule has 0 aliphatic rings. The minimum atomic E-state index is 0.363. The van der Waals surface area contributed by atoms with E-state index in [1.165, 1.54) is 16.3 Å². The monoisotopic (exact) mass is 260 g/mol. The van der Waals surface area contributed by atoms with E-state index >= 15 is 0 Å². The van der Waals surface area contributed by atoms with Crippen molar-refractivity contribution >= 4 is 23.4 Å². The van der Waals surface area contributed by atoms with E-state index in [2.05, 4.69) is 62.0 Å². The highest BCUT2D eigenvalue weighted by Gasteiger charge is 2.00. The lowest BCUT2D eigenvalue weighted by Gasteiger charge is -2.09. The Bertz CT molecular complexity index is 495. The third-order valence-electron chi connectivity index (χ3n) is 3.13. The van der Waals surface area contributed by atoms with Crippen molar-refractivity contribution < 1.29 is 4.74 Å². The smallest absolute Gasteiger partial charge is 0.0582 e. The molecule has 0 aliphatic heterocycles. The molecule has 0 N–H and O–H groups in total. The number of thiol groups is 1. The highest BCUT2D eigenvalue weighted by atomic mass is 32.1. The van der Waals surface area contributed by atoms with Gasteiger partial charge in [0, 0.05) is 5.25 Å². The second-order valence-electron chi connectivity index (χ2n) is 4.57. The normalized spacial score (nSPS) is 12.8. The zero-order valence-electron chi connectivity index (χ0n) is 10.8. The molecule has 0 fully saturated rings. The van der Waals surface area contributed by atoms with Gasteiger partial charge in [-0.25, -0.2) is 0 Å². The van der Waals surface area contributed by atoms with E-state index in [0.717, 1.165) is 26.1 Å². The van der Waals surface area contributed by atoms with E-state index in [1.54, 1.807) is 0 Å². The molecule has 18 heavy (non-hydrogen) atoms. The first-order valence-corrected chi connectivity index (χ1v) is 7.04. The molecule has 0 aliphatic carbocycles. The van der Waals surface area contributed by atoms with Crippen LogP contribution in [0.2, 0.25) is 0 Å². The summed E-state index contributed by atoms with van der Waals surface area (Å²) in [5, 5.41) is 2.96. The van der Waals surface area contributed by atoms with Gasteiger partial charge in [-0.1, -0.05) is 49.4 Å². The molecule has 96 valence electrons. The van der Waals surface area contributed by atoms with Crippen LogP contribution in [0.15, 0.2) is 42.5 Å². The van der Waals surface area contributed by atoms with Crippen molar-refractivity contribution in [2.45, 2.75) is 25.0 Å². The summed E-state index contributed by atoms with van der Waals surface area (Å²) in [5.74, 6) is 0. The van der Waals surface area contributed by atoms with Crippen LogP contribution in [0.3, 0.4) is 0 Å². The van der Waals surface area contributed by atoms with Crippen molar-refractivity contribution in [1.82, 2.24) is 0 Å². The Kier molecular flexibility index (Phi) is 5.09. The standard InChI is InChI=1S/C16H20OS/c1-2-16(18)12-17-10-9-13-7-8-14-5-3-4-6-15(14)11-13/h3-8,11,16,18H,2,9-10,12H2,1H3. The molecule has 1 nitrogen and oxygen atoms in total. The maximum absolute atomic E-state index is 5.63. The van der Waals surface area contributed by atoms with Crippen molar-refractivity contribution in [3.8, 4) is 0 Å². The molecule has 0 amide bonds. The van der Waals surface area contributed by atoms with Gasteiger partial charge in [-0.2, -0.15) is 12.6 Å². The van der Waals surface area contributed by atoms with Crippen LogP contribution in [0.1, 0.15) is 18.9 Å². The van der Waals surface area contributed by atoms with E-state index in [0.29, 0.717) is 5.25 Å². The fourth-order valence-corrected chi connectivity index (χ4v) is 2.03. The summed E-state index contributed by atoms with van der Waals surface area (Å²) in [6.45, 7) is 3.65. The molecule has 2 aromatic rings. The van der Waals surface area contributed by atoms with Gasteiger partial charge >= 0.3 is 0 Å². The predicted molar refractivity (Wildman–Crippen MR) is 81.5 cm³/mol. The average molecular weight is 260 g/mol. The van der Waals surface area contributed by atoms with Crippen molar-refractivity contribution in [3.05, 3.63) is 48.0 Å². The maximum atomic E-state index is 5.63. The van der Waals surface area contributed by atoms with Gasteiger partial charge in [0.05, 0.1) is 13.2 Å². The van der Waals surface area contributed by atoms with E-state index < -0.39 is 0 Å². The first kappa shape index (κ1) is 13.4. The molecule has 1 unspecified atom stereocenters. The first-order valence-electron chi connectivity index (χ1n) is 6.53. The third-order valence-corrected chi connectivity index (χ3v) is 3.64. The zero-order valence-corrected chi connectivity index (χ0v) is 11.7. The van der Waals surface area contributed by atoms with Crippen molar-refractivity contribution in [2.24, 2.45) is 0 Å². The topological polar surface area (TPSA) is 9.23 Å². The van der Waals surface area contributed by atoms with Gasteiger partial charge < -0.3 is 4.74 Å². The number of rotatable bonds is 6. The minimum absolute atomic E-state index is 0.363. The molecule has 2 heteroatoms. The van der Waals surface area contributed by atoms with Crippen molar-refractivity contribution in [1.29, 1.82) is 0 Å². The predicted octanol–water partition coefficient (Wildman–Crippen LogP) is 4.11. The Labute approximate surface area is 115 Å². The van der Waals surface area contributed by atoms with E-state index in [9.17, 15) is 0 Å². The highest BCUT2D eigenvalue weighted by Crippen LogP contribution is 2.16. The van der Waals surface area contributed by atoms with E-state index in [-0.39, 0.29) is 0 Å². The summed E-state index contributed by atoms with van der Waals surface area (Å²) in [6, 6.07) is 15.1. The van der Waals surface area contributed by atoms with Crippen LogP contribution >= 0.6 is 12.6 Å². The average Bonchev–Trinajstić information content (AvgIpc) is 2.43. The summed E-state index contributed by atoms with van der Waals surface area (Å²) in [7, 11) is 0. The number of benzene rings is 2. The van der Waals surface area contributed by atoms with Gasteiger partial charge in [0.25, 0.3) is 0 Å². The summed E-state index contributed by atoms with van der Waals surface area (Å²) in [4.78, 5) is 0. The summed E-state index contributed by atoms with van der Waals surface area (Å²) < 4.78 is 5.63. The van der Waals surface area contributed by atoms with E-state index in [4.69, 9.17) is 4.74 Å². The van der Waals surface area contributed by atoms with Gasteiger partial charge in [-0.3, -0.25) is 0 Å².